The Bertz CT molecular complexity index is 404. The van der Waals surface area contributed by atoms with Crippen molar-refractivity contribution < 1.29 is 14.6 Å². The maximum atomic E-state index is 9.83. The van der Waals surface area contributed by atoms with Gasteiger partial charge in [0.2, 0.25) is 0 Å². The van der Waals surface area contributed by atoms with Gasteiger partial charge in [-0.2, -0.15) is 0 Å². The van der Waals surface area contributed by atoms with Gasteiger partial charge in [0.25, 0.3) is 0 Å². The molecule has 0 radical (unpaired) electrons. The highest BCUT2D eigenvalue weighted by atomic mass is 35.5. The van der Waals surface area contributed by atoms with Crippen molar-refractivity contribution in [2.24, 2.45) is 0 Å². The molecule has 1 aromatic rings. The lowest BCUT2D eigenvalue weighted by Gasteiger charge is -2.17. The van der Waals surface area contributed by atoms with Gasteiger partial charge < -0.3 is 19.9 Å². The van der Waals surface area contributed by atoms with E-state index in [-0.39, 0.29) is 12.6 Å². The van der Waals surface area contributed by atoms with Gasteiger partial charge in [0, 0.05) is 32.4 Å². The number of aliphatic hydroxyl groups excluding tert-OH is 1. The third-order valence-electron chi connectivity index (χ3n) is 2.79. The van der Waals surface area contributed by atoms with E-state index in [2.05, 4.69) is 5.32 Å². The largest absolute Gasteiger partial charge is 0.491 e. The second-order valence-corrected chi connectivity index (χ2v) is 5.45. The van der Waals surface area contributed by atoms with Crippen LogP contribution in [0.2, 0.25) is 10.0 Å². The van der Waals surface area contributed by atoms with Crippen LogP contribution in [0.1, 0.15) is 13.3 Å². The van der Waals surface area contributed by atoms with Gasteiger partial charge in [0.05, 0.1) is 10.0 Å². The molecule has 6 heteroatoms. The predicted octanol–water partition coefficient (Wildman–Crippen LogP) is 2.75. The van der Waals surface area contributed by atoms with Crippen molar-refractivity contribution in [1.82, 2.24) is 5.32 Å². The fraction of sp³-hybridized carbons (Fsp3) is 0.571. The number of methoxy groups -OCH3 is 1. The molecule has 2 atom stereocenters. The number of hydrogen-bond donors (Lipinski definition) is 2. The maximum Gasteiger partial charge on any atom is 0.121 e. The van der Waals surface area contributed by atoms with Crippen LogP contribution in [0.25, 0.3) is 0 Å². The van der Waals surface area contributed by atoms with Gasteiger partial charge in [0.15, 0.2) is 0 Å². The quantitative estimate of drug-likeness (QED) is 0.734. The molecule has 0 aliphatic heterocycles. The van der Waals surface area contributed by atoms with Crippen LogP contribution in [-0.4, -0.2) is 44.1 Å². The smallest absolute Gasteiger partial charge is 0.121 e. The lowest BCUT2D eigenvalue weighted by atomic mass is 10.2. The first-order valence-corrected chi connectivity index (χ1v) is 7.26. The maximum absolute atomic E-state index is 9.83. The molecular formula is C14H21Cl2NO3. The van der Waals surface area contributed by atoms with Gasteiger partial charge in [-0.05, 0) is 25.5 Å². The van der Waals surface area contributed by atoms with Crippen LogP contribution < -0.4 is 10.1 Å². The summed E-state index contributed by atoms with van der Waals surface area (Å²) in [6.45, 7) is 3.41. The molecule has 1 aromatic carbocycles. The number of rotatable bonds is 9. The van der Waals surface area contributed by atoms with Crippen molar-refractivity contribution in [3.63, 3.8) is 0 Å². The molecule has 0 aromatic heterocycles. The van der Waals surface area contributed by atoms with E-state index < -0.39 is 6.10 Å². The second kappa shape index (κ2) is 9.42. The Hall–Kier alpha value is -0.520. The summed E-state index contributed by atoms with van der Waals surface area (Å²) in [7, 11) is 1.67. The summed E-state index contributed by atoms with van der Waals surface area (Å²) in [6, 6.07) is 5.30. The molecule has 2 unspecified atom stereocenters. The van der Waals surface area contributed by atoms with Gasteiger partial charge in [-0.1, -0.05) is 23.2 Å². The monoisotopic (exact) mass is 321 g/mol. The van der Waals surface area contributed by atoms with Gasteiger partial charge in [-0.25, -0.2) is 0 Å². The fourth-order valence-electron chi connectivity index (χ4n) is 1.55. The van der Waals surface area contributed by atoms with Crippen molar-refractivity contribution >= 4 is 23.2 Å². The number of ether oxygens (including phenoxy) is 2. The second-order valence-electron chi connectivity index (χ2n) is 4.63. The summed E-state index contributed by atoms with van der Waals surface area (Å²) in [5.41, 5.74) is 0. The van der Waals surface area contributed by atoms with Crippen LogP contribution in [0.4, 0.5) is 0 Å². The van der Waals surface area contributed by atoms with Crippen LogP contribution in [0.3, 0.4) is 0 Å². The lowest BCUT2D eigenvalue weighted by molar-refractivity contribution is 0.102. The Morgan fingerprint density at radius 2 is 2.05 bits per heavy atom. The zero-order valence-corrected chi connectivity index (χ0v) is 13.2. The molecule has 0 saturated carbocycles. The standard InChI is InChI=1S/C14H21Cl2NO3/c1-10(5-6-19-2)17-8-11(18)9-20-12-3-4-13(15)14(16)7-12/h3-4,7,10-11,17-18H,5-6,8-9H2,1-2H3. The first-order chi connectivity index (χ1) is 9.52. The number of benzene rings is 1. The molecule has 0 amide bonds. The summed E-state index contributed by atoms with van der Waals surface area (Å²) < 4.78 is 10.5. The molecule has 20 heavy (non-hydrogen) atoms. The van der Waals surface area contributed by atoms with Crippen LogP contribution in [-0.2, 0) is 4.74 Å². The van der Waals surface area contributed by atoms with Crippen molar-refractivity contribution in [3.05, 3.63) is 28.2 Å². The molecule has 0 bridgehead atoms. The summed E-state index contributed by atoms with van der Waals surface area (Å²) in [5.74, 6) is 0.589. The van der Waals surface area contributed by atoms with Crippen LogP contribution in [0.15, 0.2) is 18.2 Å². The van der Waals surface area contributed by atoms with Crippen molar-refractivity contribution in [2.45, 2.75) is 25.5 Å². The number of halogens is 2. The molecule has 0 aliphatic carbocycles. The summed E-state index contributed by atoms with van der Waals surface area (Å²) in [6.07, 6.45) is 0.311. The molecule has 1 rings (SSSR count). The van der Waals surface area contributed by atoms with Crippen molar-refractivity contribution in [2.75, 3.05) is 26.9 Å². The predicted molar refractivity (Wildman–Crippen MR) is 81.9 cm³/mol. The summed E-state index contributed by atoms with van der Waals surface area (Å²) in [5, 5.41) is 14.0. The molecule has 0 heterocycles. The molecule has 0 aliphatic rings. The average Bonchev–Trinajstić information content (AvgIpc) is 2.44. The number of aliphatic hydroxyl groups is 1. The Morgan fingerprint density at radius 3 is 2.70 bits per heavy atom. The molecule has 2 N–H and O–H groups in total. The summed E-state index contributed by atoms with van der Waals surface area (Å²) in [4.78, 5) is 0. The van der Waals surface area contributed by atoms with Crippen molar-refractivity contribution in [3.8, 4) is 5.75 Å². The molecular weight excluding hydrogens is 301 g/mol. The minimum Gasteiger partial charge on any atom is -0.491 e. The Balaban J connectivity index is 2.25. The van der Waals surface area contributed by atoms with Crippen LogP contribution >= 0.6 is 23.2 Å². The normalized spacial score (nSPS) is 14.1. The summed E-state index contributed by atoms with van der Waals surface area (Å²) >= 11 is 11.7. The van der Waals surface area contributed by atoms with E-state index in [1.54, 1.807) is 25.3 Å². The highest BCUT2D eigenvalue weighted by Crippen LogP contribution is 2.26. The molecule has 0 saturated heterocycles. The van der Waals surface area contributed by atoms with E-state index in [4.69, 9.17) is 32.7 Å². The Labute approximate surface area is 130 Å². The van der Waals surface area contributed by atoms with E-state index >= 15 is 0 Å². The third kappa shape index (κ3) is 6.77. The van der Waals surface area contributed by atoms with E-state index in [1.165, 1.54) is 0 Å². The third-order valence-corrected chi connectivity index (χ3v) is 3.53. The Morgan fingerprint density at radius 1 is 1.30 bits per heavy atom. The van der Waals surface area contributed by atoms with Crippen LogP contribution in [0.5, 0.6) is 5.75 Å². The minimum atomic E-state index is -0.588. The highest BCUT2D eigenvalue weighted by molar-refractivity contribution is 6.42. The lowest BCUT2D eigenvalue weighted by Crippen LogP contribution is -2.37. The minimum absolute atomic E-state index is 0.196. The van der Waals surface area contributed by atoms with E-state index in [9.17, 15) is 5.11 Å². The molecule has 114 valence electrons. The number of hydrogen-bond acceptors (Lipinski definition) is 4. The average molecular weight is 322 g/mol. The Kier molecular flexibility index (Phi) is 8.26. The molecule has 4 nitrogen and oxygen atoms in total. The van der Waals surface area contributed by atoms with E-state index in [0.29, 0.717) is 28.9 Å². The molecule has 0 fully saturated rings. The van der Waals surface area contributed by atoms with Crippen LogP contribution in [0, 0.1) is 0 Å². The van der Waals surface area contributed by atoms with Crippen molar-refractivity contribution in [1.29, 1.82) is 0 Å². The number of nitrogens with one attached hydrogen (secondary N) is 1. The van der Waals surface area contributed by atoms with Gasteiger partial charge >= 0.3 is 0 Å². The first kappa shape index (κ1) is 17.5. The zero-order chi connectivity index (χ0) is 15.0. The topological polar surface area (TPSA) is 50.7 Å². The van der Waals surface area contributed by atoms with Gasteiger partial charge in [0.1, 0.15) is 18.5 Å². The van der Waals surface area contributed by atoms with Gasteiger partial charge in [-0.15, -0.1) is 0 Å². The van der Waals surface area contributed by atoms with Gasteiger partial charge in [-0.3, -0.25) is 0 Å². The van der Waals surface area contributed by atoms with E-state index in [0.717, 1.165) is 6.42 Å². The highest BCUT2D eigenvalue weighted by Gasteiger charge is 2.08. The zero-order valence-electron chi connectivity index (χ0n) is 11.7. The fourth-order valence-corrected chi connectivity index (χ4v) is 1.84. The first-order valence-electron chi connectivity index (χ1n) is 6.51. The SMILES string of the molecule is COCCC(C)NCC(O)COc1ccc(Cl)c(Cl)c1. The van der Waals surface area contributed by atoms with E-state index in [1.807, 2.05) is 6.92 Å². The molecule has 0 spiro atoms.